The molecule has 1 saturated heterocycles. The molecule has 0 saturated carbocycles. The number of piperidine rings is 1. The highest BCUT2D eigenvalue weighted by molar-refractivity contribution is 5.80. The Labute approximate surface area is 111 Å². The first-order valence-electron chi connectivity index (χ1n) is 6.35. The van der Waals surface area contributed by atoms with Crippen LogP contribution in [0.3, 0.4) is 0 Å². The summed E-state index contributed by atoms with van der Waals surface area (Å²) in [5, 5.41) is 17.9. The van der Waals surface area contributed by atoms with Crippen LogP contribution in [0.25, 0.3) is 0 Å². The molecule has 1 fully saturated rings. The summed E-state index contributed by atoms with van der Waals surface area (Å²) in [6, 6.07) is 3.30. The fourth-order valence-electron chi connectivity index (χ4n) is 2.34. The molecule has 0 aliphatic carbocycles. The van der Waals surface area contributed by atoms with E-state index in [1.165, 1.54) is 10.9 Å². The molecule has 1 aliphatic heterocycles. The number of hydrogen-bond donors (Lipinski definition) is 0. The number of hydrogen-bond acceptors (Lipinski definition) is 4. The van der Waals surface area contributed by atoms with Crippen molar-refractivity contribution in [1.29, 1.82) is 10.5 Å². The highest BCUT2D eigenvalue weighted by Crippen LogP contribution is 2.18. The van der Waals surface area contributed by atoms with Crippen LogP contribution in [0.15, 0.2) is 6.33 Å². The summed E-state index contributed by atoms with van der Waals surface area (Å²) in [4.78, 5) is 18.0. The minimum Gasteiger partial charge on any atom is -0.341 e. The number of imidazole rings is 1. The summed E-state index contributed by atoms with van der Waals surface area (Å²) in [6.45, 7) is 3.27. The van der Waals surface area contributed by atoms with Gasteiger partial charge in [-0.1, -0.05) is 0 Å². The molecule has 1 atom stereocenters. The normalized spacial score (nSPS) is 16.5. The highest BCUT2D eigenvalue weighted by atomic mass is 16.2. The van der Waals surface area contributed by atoms with E-state index in [2.05, 4.69) is 4.98 Å². The number of nitrogens with zero attached hydrogens (tertiary/aromatic N) is 5. The van der Waals surface area contributed by atoms with E-state index in [9.17, 15) is 4.79 Å². The standard InChI is InChI=1S/C13H15N5O/c1-10(13(19)17-5-3-2-4-6-17)18-9-16-11(7-14)12(18)8-15/h9-10H,2-6H2,1H3. The number of rotatable bonds is 2. The fourth-order valence-corrected chi connectivity index (χ4v) is 2.34. The topological polar surface area (TPSA) is 85.7 Å². The van der Waals surface area contributed by atoms with Crippen molar-refractivity contribution in [2.45, 2.75) is 32.2 Å². The van der Waals surface area contributed by atoms with Gasteiger partial charge in [0.1, 0.15) is 18.2 Å². The summed E-state index contributed by atoms with van der Waals surface area (Å²) < 4.78 is 1.48. The van der Waals surface area contributed by atoms with Gasteiger partial charge in [0.05, 0.1) is 6.33 Å². The van der Waals surface area contributed by atoms with Crippen molar-refractivity contribution in [3.05, 3.63) is 17.7 Å². The second-order valence-electron chi connectivity index (χ2n) is 4.63. The van der Waals surface area contributed by atoms with Gasteiger partial charge in [-0.15, -0.1) is 0 Å². The number of carbonyl (C=O) groups excluding carboxylic acids is 1. The molecule has 1 aromatic rings. The lowest BCUT2D eigenvalue weighted by Gasteiger charge is -2.29. The smallest absolute Gasteiger partial charge is 0.245 e. The largest absolute Gasteiger partial charge is 0.341 e. The Balaban J connectivity index is 2.22. The van der Waals surface area contributed by atoms with Crippen LogP contribution in [0.2, 0.25) is 0 Å². The number of carbonyl (C=O) groups is 1. The van der Waals surface area contributed by atoms with Crippen molar-refractivity contribution in [1.82, 2.24) is 14.5 Å². The van der Waals surface area contributed by atoms with Crippen LogP contribution in [0, 0.1) is 22.7 Å². The lowest BCUT2D eigenvalue weighted by molar-refractivity contribution is -0.135. The molecule has 2 rings (SSSR count). The quantitative estimate of drug-likeness (QED) is 0.796. The van der Waals surface area contributed by atoms with Gasteiger partial charge in [0.25, 0.3) is 0 Å². The van der Waals surface area contributed by atoms with E-state index in [0.29, 0.717) is 0 Å². The Bertz CT molecular complexity index is 557. The van der Waals surface area contributed by atoms with Gasteiger partial charge in [-0.2, -0.15) is 10.5 Å². The average Bonchev–Trinajstić information content (AvgIpc) is 2.89. The van der Waals surface area contributed by atoms with Gasteiger partial charge in [-0.25, -0.2) is 4.98 Å². The minimum atomic E-state index is -0.498. The van der Waals surface area contributed by atoms with E-state index < -0.39 is 6.04 Å². The number of aromatic nitrogens is 2. The average molecular weight is 257 g/mol. The third-order valence-electron chi connectivity index (χ3n) is 3.45. The van der Waals surface area contributed by atoms with E-state index in [0.717, 1.165) is 32.4 Å². The summed E-state index contributed by atoms with van der Waals surface area (Å²) in [6.07, 6.45) is 4.60. The molecule has 0 aromatic carbocycles. The van der Waals surface area contributed by atoms with Gasteiger partial charge in [0, 0.05) is 13.1 Å². The molecule has 1 aliphatic rings. The molecule has 0 N–H and O–H groups in total. The van der Waals surface area contributed by atoms with E-state index >= 15 is 0 Å². The van der Waals surface area contributed by atoms with Crippen LogP contribution in [-0.2, 0) is 4.79 Å². The second-order valence-corrected chi connectivity index (χ2v) is 4.63. The zero-order valence-corrected chi connectivity index (χ0v) is 10.8. The van der Waals surface area contributed by atoms with Gasteiger partial charge >= 0.3 is 0 Å². The molecule has 1 aromatic heterocycles. The predicted molar refractivity (Wildman–Crippen MR) is 66.8 cm³/mol. The molecule has 98 valence electrons. The van der Waals surface area contributed by atoms with Crippen LogP contribution in [-0.4, -0.2) is 33.4 Å². The Morgan fingerprint density at radius 3 is 2.58 bits per heavy atom. The molecular formula is C13H15N5O. The maximum Gasteiger partial charge on any atom is 0.245 e. The Morgan fingerprint density at radius 1 is 1.32 bits per heavy atom. The monoisotopic (exact) mass is 257 g/mol. The van der Waals surface area contributed by atoms with Crippen molar-refractivity contribution in [3.63, 3.8) is 0 Å². The van der Waals surface area contributed by atoms with Crippen molar-refractivity contribution in [3.8, 4) is 12.1 Å². The van der Waals surface area contributed by atoms with Crippen molar-refractivity contribution in [2.24, 2.45) is 0 Å². The molecule has 2 heterocycles. The maximum atomic E-state index is 12.3. The number of likely N-dealkylation sites (tertiary alicyclic amines) is 1. The summed E-state index contributed by atoms with van der Waals surface area (Å²) in [5.41, 5.74) is 0.223. The van der Waals surface area contributed by atoms with Crippen LogP contribution < -0.4 is 0 Å². The van der Waals surface area contributed by atoms with Crippen LogP contribution in [0.1, 0.15) is 43.6 Å². The molecule has 0 bridgehead atoms. The van der Waals surface area contributed by atoms with Crippen LogP contribution in [0.4, 0.5) is 0 Å². The van der Waals surface area contributed by atoms with Gasteiger partial charge < -0.3 is 9.47 Å². The minimum absolute atomic E-state index is 0.0157. The van der Waals surface area contributed by atoms with Crippen LogP contribution in [0.5, 0.6) is 0 Å². The third kappa shape index (κ3) is 2.43. The fraction of sp³-hybridized carbons (Fsp3) is 0.538. The van der Waals surface area contributed by atoms with Crippen molar-refractivity contribution >= 4 is 5.91 Å². The van der Waals surface area contributed by atoms with Crippen molar-refractivity contribution in [2.75, 3.05) is 13.1 Å². The Kier molecular flexibility index (Phi) is 3.82. The molecule has 19 heavy (non-hydrogen) atoms. The van der Waals surface area contributed by atoms with E-state index in [-0.39, 0.29) is 17.3 Å². The van der Waals surface area contributed by atoms with E-state index in [4.69, 9.17) is 10.5 Å². The number of nitriles is 2. The van der Waals surface area contributed by atoms with Gasteiger partial charge in [-0.05, 0) is 26.2 Å². The van der Waals surface area contributed by atoms with E-state index in [1.807, 2.05) is 17.0 Å². The first-order chi connectivity index (χ1) is 9.19. The van der Waals surface area contributed by atoms with Gasteiger partial charge in [0.2, 0.25) is 5.91 Å². The summed E-state index contributed by atoms with van der Waals surface area (Å²) in [5.74, 6) is -0.0157. The molecule has 6 heteroatoms. The van der Waals surface area contributed by atoms with Gasteiger partial charge in [0.15, 0.2) is 11.4 Å². The van der Waals surface area contributed by atoms with Crippen molar-refractivity contribution < 1.29 is 4.79 Å². The summed E-state index contributed by atoms with van der Waals surface area (Å²) in [7, 11) is 0. The lowest BCUT2D eigenvalue weighted by Crippen LogP contribution is -2.39. The zero-order chi connectivity index (χ0) is 13.8. The van der Waals surface area contributed by atoms with Gasteiger partial charge in [-0.3, -0.25) is 4.79 Å². The molecule has 6 nitrogen and oxygen atoms in total. The SMILES string of the molecule is CC(C(=O)N1CCCCC1)n1cnc(C#N)c1C#N. The first kappa shape index (κ1) is 13.1. The first-order valence-corrected chi connectivity index (χ1v) is 6.35. The van der Waals surface area contributed by atoms with Crippen LogP contribution >= 0.6 is 0 Å². The maximum absolute atomic E-state index is 12.3. The predicted octanol–water partition coefficient (Wildman–Crippen LogP) is 1.20. The highest BCUT2D eigenvalue weighted by Gasteiger charge is 2.25. The van der Waals surface area contributed by atoms with E-state index in [1.54, 1.807) is 6.92 Å². The molecular weight excluding hydrogens is 242 g/mol. The number of amides is 1. The zero-order valence-electron chi connectivity index (χ0n) is 10.8. The Hall–Kier alpha value is -2.34. The third-order valence-corrected chi connectivity index (χ3v) is 3.45. The Morgan fingerprint density at radius 2 is 2.00 bits per heavy atom. The molecule has 1 unspecified atom stereocenters. The molecule has 0 radical (unpaired) electrons. The molecule has 0 spiro atoms. The second kappa shape index (κ2) is 5.53. The molecule has 1 amide bonds. The summed E-state index contributed by atoms with van der Waals surface area (Å²) >= 11 is 0. The lowest BCUT2D eigenvalue weighted by atomic mass is 10.1.